The van der Waals surface area contributed by atoms with E-state index in [0.29, 0.717) is 17.8 Å². The molecule has 2 aliphatic rings. The highest BCUT2D eigenvalue weighted by molar-refractivity contribution is 5.92. The van der Waals surface area contributed by atoms with Crippen molar-refractivity contribution in [3.05, 3.63) is 83.3 Å². The standard InChI is InChI=1S/C35H43N7O4/c1-34(2,3)22-18-23(20-24(19-22)37-33(44)45-6)36-32(43)38-28-13-14-29(27-11-8-7-10-26(27)28)46-25-12-15-30-39-40-31(42(30)21-25)35(4)16-9-17-41(35)5/h7-8,10-12,15,18-21,28-29H,9,13-14,16-17H2,1-6H3,(H,37,44)(H2,36,38,43)/t28-,29+,35-/m0/s1. The molecule has 0 radical (unpaired) electrons. The average Bonchev–Trinajstić information content (AvgIpc) is 3.60. The second-order valence-electron chi connectivity index (χ2n) is 13.5. The summed E-state index contributed by atoms with van der Waals surface area (Å²) < 4.78 is 13.4. The van der Waals surface area contributed by atoms with Gasteiger partial charge in [-0.25, -0.2) is 9.59 Å². The second kappa shape index (κ2) is 12.3. The smallest absolute Gasteiger partial charge is 0.411 e. The quantitative estimate of drug-likeness (QED) is 0.213. The lowest BCUT2D eigenvalue weighted by Gasteiger charge is -2.32. The van der Waals surface area contributed by atoms with Crippen LogP contribution < -0.4 is 20.7 Å². The summed E-state index contributed by atoms with van der Waals surface area (Å²) in [6.07, 6.45) is 4.83. The van der Waals surface area contributed by atoms with E-state index in [-0.39, 0.29) is 29.1 Å². The zero-order valence-corrected chi connectivity index (χ0v) is 27.4. The Kier molecular flexibility index (Phi) is 8.37. The lowest BCUT2D eigenvalue weighted by atomic mass is 9.85. The van der Waals surface area contributed by atoms with Gasteiger partial charge in [0, 0.05) is 11.4 Å². The van der Waals surface area contributed by atoms with Gasteiger partial charge in [-0.3, -0.25) is 14.6 Å². The van der Waals surface area contributed by atoms with Crippen molar-refractivity contribution in [2.75, 3.05) is 31.3 Å². The first-order chi connectivity index (χ1) is 21.9. The van der Waals surface area contributed by atoms with Gasteiger partial charge in [0.2, 0.25) is 0 Å². The third kappa shape index (κ3) is 6.24. The molecule has 1 saturated heterocycles. The number of hydrogen-bond acceptors (Lipinski definition) is 7. The molecule has 0 bridgehead atoms. The van der Waals surface area contributed by atoms with Crippen molar-refractivity contribution < 1.29 is 19.1 Å². The zero-order valence-electron chi connectivity index (χ0n) is 27.4. The first-order valence-electron chi connectivity index (χ1n) is 15.8. The largest absolute Gasteiger partial charge is 0.484 e. The molecule has 0 saturated carbocycles. The van der Waals surface area contributed by atoms with Crippen LogP contribution in [0.25, 0.3) is 5.65 Å². The summed E-state index contributed by atoms with van der Waals surface area (Å²) in [7, 11) is 3.45. The van der Waals surface area contributed by atoms with Gasteiger partial charge in [0.1, 0.15) is 11.9 Å². The van der Waals surface area contributed by atoms with Crippen LogP contribution in [-0.4, -0.2) is 52.3 Å². The second-order valence-corrected chi connectivity index (χ2v) is 13.5. The molecule has 2 aromatic heterocycles. The minimum absolute atomic E-state index is 0.171. The molecule has 1 aliphatic carbocycles. The topological polar surface area (TPSA) is 122 Å². The number of nitrogens with one attached hydrogen (secondary N) is 3. The molecule has 242 valence electrons. The fraction of sp³-hybridized carbons (Fsp3) is 0.429. The van der Waals surface area contributed by atoms with Crippen LogP contribution in [0.5, 0.6) is 5.75 Å². The van der Waals surface area contributed by atoms with Crippen LogP contribution in [0.1, 0.15) is 88.0 Å². The fourth-order valence-corrected chi connectivity index (χ4v) is 6.58. The number of aromatic nitrogens is 3. The summed E-state index contributed by atoms with van der Waals surface area (Å²) in [4.78, 5) is 27.5. The monoisotopic (exact) mass is 625 g/mol. The molecule has 3 amide bonds. The van der Waals surface area contributed by atoms with Crippen molar-refractivity contribution in [1.82, 2.24) is 24.8 Å². The predicted octanol–water partition coefficient (Wildman–Crippen LogP) is 6.92. The van der Waals surface area contributed by atoms with E-state index >= 15 is 0 Å². The highest BCUT2D eigenvalue weighted by Gasteiger charge is 2.40. The molecule has 46 heavy (non-hydrogen) atoms. The van der Waals surface area contributed by atoms with E-state index in [2.05, 4.69) is 76.3 Å². The van der Waals surface area contributed by atoms with E-state index in [1.165, 1.54) is 7.11 Å². The molecule has 6 rings (SSSR count). The van der Waals surface area contributed by atoms with E-state index in [1.807, 2.05) is 48.7 Å². The number of methoxy groups -OCH3 is 1. The Labute approximate surface area is 269 Å². The van der Waals surface area contributed by atoms with Crippen molar-refractivity contribution >= 4 is 29.1 Å². The van der Waals surface area contributed by atoms with Gasteiger partial charge >= 0.3 is 12.1 Å². The molecule has 11 heteroatoms. The number of carbonyl (C=O) groups is 2. The highest BCUT2D eigenvalue weighted by atomic mass is 16.5. The third-order valence-electron chi connectivity index (χ3n) is 9.36. The van der Waals surface area contributed by atoms with E-state index in [9.17, 15) is 9.59 Å². The number of anilines is 2. The lowest BCUT2D eigenvalue weighted by molar-refractivity contribution is 0.170. The van der Waals surface area contributed by atoms with E-state index in [1.54, 1.807) is 6.07 Å². The maximum absolute atomic E-state index is 13.3. The molecular weight excluding hydrogens is 582 g/mol. The summed E-state index contributed by atoms with van der Waals surface area (Å²) in [6.45, 7) is 9.48. The van der Waals surface area contributed by atoms with Gasteiger partial charge in [0.05, 0.1) is 24.9 Å². The number of likely N-dealkylation sites (tertiary alicyclic amines) is 1. The Morgan fingerprint density at radius 1 is 0.978 bits per heavy atom. The Morgan fingerprint density at radius 2 is 1.72 bits per heavy atom. The number of fused-ring (bicyclic) bond motifs is 2. The van der Waals surface area contributed by atoms with Crippen molar-refractivity contribution in [1.29, 1.82) is 0 Å². The normalized spacial score (nSPS) is 21.4. The van der Waals surface area contributed by atoms with Crippen LogP contribution in [0.4, 0.5) is 21.0 Å². The van der Waals surface area contributed by atoms with Crippen molar-refractivity contribution in [2.24, 2.45) is 0 Å². The number of hydrogen-bond donors (Lipinski definition) is 3. The first kappa shape index (κ1) is 31.3. The van der Waals surface area contributed by atoms with Gasteiger partial charge in [0.15, 0.2) is 11.5 Å². The Bertz CT molecular complexity index is 1760. The van der Waals surface area contributed by atoms with Gasteiger partial charge in [-0.1, -0.05) is 45.0 Å². The number of benzene rings is 2. The molecule has 1 aliphatic heterocycles. The molecule has 3 N–H and O–H groups in total. The summed E-state index contributed by atoms with van der Waals surface area (Å²) in [5.41, 5.74) is 4.56. The van der Waals surface area contributed by atoms with Crippen LogP contribution in [0.15, 0.2) is 60.8 Å². The fourth-order valence-electron chi connectivity index (χ4n) is 6.58. The molecule has 11 nitrogen and oxygen atoms in total. The van der Waals surface area contributed by atoms with Gasteiger partial charge in [-0.15, -0.1) is 10.2 Å². The number of amides is 3. The predicted molar refractivity (Wildman–Crippen MR) is 177 cm³/mol. The Morgan fingerprint density at radius 3 is 2.41 bits per heavy atom. The van der Waals surface area contributed by atoms with Crippen LogP contribution in [0.3, 0.4) is 0 Å². The maximum atomic E-state index is 13.3. The zero-order chi connectivity index (χ0) is 32.6. The molecular formula is C35H43N7O4. The van der Waals surface area contributed by atoms with E-state index < -0.39 is 6.09 Å². The van der Waals surface area contributed by atoms with Crippen molar-refractivity contribution in [3.8, 4) is 5.75 Å². The summed E-state index contributed by atoms with van der Waals surface area (Å²) in [5.74, 6) is 1.67. The summed E-state index contributed by atoms with van der Waals surface area (Å²) >= 11 is 0. The van der Waals surface area contributed by atoms with Crippen molar-refractivity contribution in [3.63, 3.8) is 0 Å². The number of ether oxygens (including phenoxy) is 2. The van der Waals surface area contributed by atoms with E-state index in [0.717, 1.165) is 59.7 Å². The van der Waals surface area contributed by atoms with Crippen LogP contribution in [0, 0.1) is 0 Å². The Hall–Kier alpha value is -4.64. The number of rotatable bonds is 6. The van der Waals surface area contributed by atoms with Crippen molar-refractivity contribution in [2.45, 2.75) is 76.5 Å². The molecule has 4 aromatic rings. The van der Waals surface area contributed by atoms with Gasteiger partial charge < -0.3 is 20.1 Å². The first-order valence-corrected chi connectivity index (χ1v) is 15.8. The number of urea groups is 1. The number of carbonyl (C=O) groups excluding carboxylic acids is 2. The molecule has 2 aromatic carbocycles. The molecule has 3 heterocycles. The van der Waals surface area contributed by atoms with Gasteiger partial charge in [-0.05, 0) is 98.6 Å². The molecule has 0 spiro atoms. The van der Waals surface area contributed by atoms with Crippen LogP contribution in [0.2, 0.25) is 0 Å². The van der Waals surface area contributed by atoms with Gasteiger partial charge in [0.25, 0.3) is 0 Å². The number of pyridine rings is 1. The molecule has 0 unspecified atom stereocenters. The minimum atomic E-state index is -0.574. The number of nitrogens with zero attached hydrogens (tertiary/aromatic N) is 4. The van der Waals surface area contributed by atoms with Crippen LogP contribution in [-0.2, 0) is 15.7 Å². The third-order valence-corrected chi connectivity index (χ3v) is 9.36. The Balaban J connectivity index is 1.19. The van der Waals surface area contributed by atoms with E-state index in [4.69, 9.17) is 9.47 Å². The molecule has 1 fully saturated rings. The highest BCUT2D eigenvalue weighted by Crippen LogP contribution is 2.40. The minimum Gasteiger partial charge on any atom is -0.484 e. The summed E-state index contributed by atoms with van der Waals surface area (Å²) in [6, 6.07) is 17.0. The SMILES string of the molecule is COC(=O)Nc1cc(NC(=O)N[C@H]2CC[C@@H](Oc3ccc4nnc([C@]5(C)CCCN5C)n4c3)c3ccccc32)cc(C(C)(C)C)c1. The van der Waals surface area contributed by atoms with Crippen LogP contribution >= 0.6 is 0 Å². The average molecular weight is 626 g/mol. The van der Waals surface area contributed by atoms with Gasteiger partial charge in [-0.2, -0.15) is 0 Å². The molecule has 3 atom stereocenters. The maximum Gasteiger partial charge on any atom is 0.411 e. The summed E-state index contributed by atoms with van der Waals surface area (Å²) in [5, 5.41) is 17.9. The lowest BCUT2D eigenvalue weighted by Crippen LogP contribution is -2.37.